The van der Waals surface area contributed by atoms with Crippen LogP contribution in [0.1, 0.15) is 42.5 Å². The molecule has 1 saturated heterocycles. The number of carbonyl (C=O) groups is 1. The van der Waals surface area contributed by atoms with Gasteiger partial charge >= 0.3 is 0 Å². The number of hydrogen-bond acceptors (Lipinski definition) is 4. The second kappa shape index (κ2) is 8.87. The number of nitrogens with zero attached hydrogens (tertiary/aromatic N) is 3. The fourth-order valence-electron chi connectivity index (χ4n) is 4.28. The Morgan fingerprint density at radius 2 is 1.61 bits per heavy atom. The van der Waals surface area contributed by atoms with E-state index >= 15 is 0 Å². The number of rotatable bonds is 5. The first-order chi connectivity index (χ1) is 14.3. The third kappa shape index (κ3) is 5.01. The highest BCUT2D eigenvalue weighted by Gasteiger charge is 2.30. The molecule has 0 N–H and O–H groups in total. The first kappa shape index (κ1) is 24.3. The van der Waals surface area contributed by atoms with Gasteiger partial charge in [-0.3, -0.25) is 9.69 Å². The van der Waals surface area contributed by atoms with E-state index in [1.807, 2.05) is 24.8 Å². The third-order valence-electron chi connectivity index (χ3n) is 5.63. The molecule has 170 valence electrons. The maximum Gasteiger partial charge on any atom is 0.243 e. The molecule has 1 aromatic carbocycles. The first-order valence-corrected chi connectivity index (χ1v) is 12.4. The largest absolute Gasteiger partial charge is 0.343 e. The Labute approximate surface area is 194 Å². The minimum absolute atomic E-state index is 0.0596. The summed E-state index contributed by atoms with van der Waals surface area (Å²) in [6, 6.07) is 6.28. The van der Waals surface area contributed by atoms with E-state index < -0.39 is 10.0 Å². The quantitative estimate of drug-likeness (QED) is 0.590. The molecule has 0 bridgehead atoms. The van der Waals surface area contributed by atoms with Crippen molar-refractivity contribution in [3.8, 4) is 0 Å². The molecule has 2 aromatic rings. The summed E-state index contributed by atoms with van der Waals surface area (Å²) >= 11 is 11.9. The van der Waals surface area contributed by atoms with Gasteiger partial charge in [-0.05, 0) is 58.9 Å². The lowest BCUT2D eigenvalue weighted by Gasteiger charge is -2.33. The zero-order chi connectivity index (χ0) is 23.1. The van der Waals surface area contributed by atoms with Crippen LogP contribution in [0.3, 0.4) is 0 Å². The Balaban J connectivity index is 1.67. The van der Waals surface area contributed by atoms with Gasteiger partial charge in [-0.2, -0.15) is 4.31 Å². The van der Waals surface area contributed by atoms with Crippen LogP contribution in [0.2, 0.25) is 10.0 Å². The summed E-state index contributed by atoms with van der Waals surface area (Å²) < 4.78 is 29.4. The summed E-state index contributed by atoms with van der Waals surface area (Å²) in [4.78, 5) is 15.1. The minimum atomic E-state index is -3.66. The summed E-state index contributed by atoms with van der Waals surface area (Å²) in [5.41, 5.74) is 2.66. The van der Waals surface area contributed by atoms with Gasteiger partial charge in [0.05, 0.1) is 21.5 Å². The van der Waals surface area contributed by atoms with Crippen molar-refractivity contribution in [1.82, 2.24) is 13.8 Å². The second-order valence-corrected chi connectivity index (χ2v) is 11.7. The van der Waals surface area contributed by atoms with Crippen molar-refractivity contribution < 1.29 is 13.2 Å². The van der Waals surface area contributed by atoms with Gasteiger partial charge in [0, 0.05) is 48.7 Å². The molecule has 0 radical (unpaired) electrons. The fraction of sp³-hybridized carbons (Fsp3) is 0.500. The van der Waals surface area contributed by atoms with E-state index in [9.17, 15) is 13.2 Å². The highest BCUT2D eigenvalue weighted by atomic mass is 35.5. The molecule has 0 atom stereocenters. The highest BCUT2D eigenvalue weighted by molar-refractivity contribution is 7.89. The molecule has 1 aliphatic heterocycles. The molecule has 0 saturated carbocycles. The molecule has 1 fully saturated rings. The summed E-state index contributed by atoms with van der Waals surface area (Å²) in [5, 5.41) is 0.523. The average Bonchev–Trinajstić information content (AvgIpc) is 2.98. The van der Waals surface area contributed by atoms with E-state index in [2.05, 4.69) is 25.3 Å². The predicted molar refractivity (Wildman–Crippen MR) is 125 cm³/mol. The van der Waals surface area contributed by atoms with E-state index in [0.29, 0.717) is 31.2 Å². The number of Topliss-reactive ketones (excluding diaryl/α,β-unsaturated/α-hetero) is 1. The van der Waals surface area contributed by atoms with Crippen molar-refractivity contribution in [2.45, 2.75) is 45.1 Å². The molecule has 6 nitrogen and oxygen atoms in total. The SMILES string of the molecule is Cc1cc(C(=O)CN2CCN(S(=O)(=O)c3ccc(Cl)c(Cl)c3)CC2)c(C)n1C(C)(C)C. The zero-order valence-corrected chi connectivity index (χ0v) is 20.9. The summed E-state index contributed by atoms with van der Waals surface area (Å²) in [5.74, 6) is 0.0596. The van der Waals surface area contributed by atoms with Crippen molar-refractivity contribution in [2.24, 2.45) is 0 Å². The van der Waals surface area contributed by atoms with Crippen molar-refractivity contribution in [2.75, 3.05) is 32.7 Å². The monoisotopic (exact) mass is 485 g/mol. The molecular formula is C22H29Cl2N3O3S. The number of carbonyl (C=O) groups excluding carboxylic acids is 1. The van der Waals surface area contributed by atoms with Gasteiger partial charge in [-0.1, -0.05) is 23.2 Å². The Bertz CT molecular complexity index is 1100. The number of ketones is 1. The molecule has 2 heterocycles. The van der Waals surface area contributed by atoms with E-state index in [-0.39, 0.29) is 27.8 Å². The lowest BCUT2D eigenvalue weighted by atomic mass is 10.1. The Kier molecular flexibility index (Phi) is 6.94. The van der Waals surface area contributed by atoms with Gasteiger partial charge in [-0.25, -0.2) is 8.42 Å². The van der Waals surface area contributed by atoms with Crippen LogP contribution in [0, 0.1) is 13.8 Å². The highest BCUT2D eigenvalue weighted by Crippen LogP contribution is 2.28. The van der Waals surface area contributed by atoms with Crippen LogP contribution < -0.4 is 0 Å². The molecule has 31 heavy (non-hydrogen) atoms. The van der Waals surface area contributed by atoms with E-state index in [4.69, 9.17) is 23.2 Å². The van der Waals surface area contributed by atoms with Gasteiger partial charge in [0.1, 0.15) is 0 Å². The fourth-order valence-corrected chi connectivity index (χ4v) is 6.09. The number of benzene rings is 1. The van der Waals surface area contributed by atoms with Gasteiger partial charge in [-0.15, -0.1) is 0 Å². The molecular weight excluding hydrogens is 457 g/mol. The van der Waals surface area contributed by atoms with Gasteiger partial charge in [0.2, 0.25) is 10.0 Å². The van der Waals surface area contributed by atoms with Crippen molar-refractivity contribution >= 4 is 39.0 Å². The Morgan fingerprint density at radius 1 is 1.00 bits per heavy atom. The summed E-state index contributed by atoms with van der Waals surface area (Å²) in [7, 11) is -3.66. The molecule has 1 aromatic heterocycles. The minimum Gasteiger partial charge on any atom is -0.343 e. The van der Waals surface area contributed by atoms with Gasteiger partial charge < -0.3 is 4.57 Å². The number of piperazine rings is 1. The molecule has 0 amide bonds. The van der Waals surface area contributed by atoms with Crippen LogP contribution in [-0.2, 0) is 15.6 Å². The van der Waals surface area contributed by atoms with E-state index in [1.165, 1.54) is 22.5 Å². The topological polar surface area (TPSA) is 62.6 Å². The maximum absolute atomic E-state index is 13.0. The van der Waals surface area contributed by atoms with E-state index in [0.717, 1.165) is 17.0 Å². The molecule has 0 aliphatic carbocycles. The normalized spacial score (nSPS) is 16.6. The van der Waals surface area contributed by atoms with Crippen LogP contribution >= 0.6 is 23.2 Å². The summed E-state index contributed by atoms with van der Waals surface area (Å²) in [6.45, 7) is 12.2. The van der Waals surface area contributed by atoms with Crippen LogP contribution in [0.5, 0.6) is 0 Å². The lowest BCUT2D eigenvalue weighted by Crippen LogP contribution is -2.49. The van der Waals surface area contributed by atoms with E-state index in [1.54, 1.807) is 0 Å². The van der Waals surface area contributed by atoms with Gasteiger partial charge in [0.15, 0.2) is 5.78 Å². The van der Waals surface area contributed by atoms with Crippen molar-refractivity contribution in [3.63, 3.8) is 0 Å². The lowest BCUT2D eigenvalue weighted by molar-refractivity contribution is 0.0901. The summed E-state index contributed by atoms with van der Waals surface area (Å²) in [6.07, 6.45) is 0. The molecule has 0 spiro atoms. The second-order valence-electron chi connectivity index (χ2n) is 8.97. The maximum atomic E-state index is 13.0. The number of halogens is 2. The third-order valence-corrected chi connectivity index (χ3v) is 8.26. The molecule has 9 heteroatoms. The predicted octanol–water partition coefficient (Wildman–Crippen LogP) is 4.36. The standard InChI is InChI=1S/C22H29Cl2N3O3S/c1-15-12-18(16(2)27(15)22(3,4)5)21(28)14-25-8-10-26(11-9-25)31(29,30)17-6-7-19(23)20(24)13-17/h6-7,12-13H,8-11,14H2,1-5H3. The van der Waals surface area contributed by atoms with Crippen molar-refractivity contribution in [1.29, 1.82) is 0 Å². The van der Waals surface area contributed by atoms with Crippen molar-refractivity contribution in [3.05, 3.63) is 51.3 Å². The number of hydrogen-bond donors (Lipinski definition) is 0. The molecule has 3 rings (SSSR count). The van der Waals surface area contributed by atoms with Crippen LogP contribution in [0.15, 0.2) is 29.2 Å². The smallest absolute Gasteiger partial charge is 0.243 e. The van der Waals surface area contributed by atoms with Crippen LogP contribution in [0.25, 0.3) is 0 Å². The Morgan fingerprint density at radius 3 is 2.13 bits per heavy atom. The zero-order valence-electron chi connectivity index (χ0n) is 18.6. The molecule has 0 unspecified atom stereocenters. The average molecular weight is 486 g/mol. The number of aryl methyl sites for hydroxylation is 1. The van der Waals surface area contributed by atoms with Crippen LogP contribution in [0.4, 0.5) is 0 Å². The first-order valence-electron chi connectivity index (χ1n) is 10.2. The number of sulfonamides is 1. The van der Waals surface area contributed by atoms with Gasteiger partial charge in [0.25, 0.3) is 0 Å². The Hall–Kier alpha value is -1.38. The number of aromatic nitrogens is 1. The van der Waals surface area contributed by atoms with Crippen LogP contribution in [-0.4, -0.2) is 60.7 Å². The molecule has 1 aliphatic rings.